The molecule has 31 heavy (non-hydrogen) atoms. The second-order valence-corrected chi connectivity index (χ2v) is 9.27. The lowest BCUT2D eigenvalue weighted by molar-refractivity contribution is -0.120. The lowest BCUT2D eigenvalue weighted by Crippen LogP contribution is -2.49. The number of likely N-dealkylation sites (tertiary alicyclic amines) is 1. The molecular formula is C23H32N6O2. The molecule has 8 nitrogen and oxygen atoms in total. The first-order valence-corrected chi connectivity index (χ1v) is 11.6. The van der Waals surface area contributed by atoms with Crippen molar-refractivity contribution in [2.24, 2.45) is 13.0 Å². The molecule has 1 atom stereocenters. The summed E-state index contributed by atoms with van der Waals surface area (Å²) in [5, 5.41) is 11.5. The smallest absolute Gasteiger partial charge is 0.316 e. The molecule has 1 aromatic carbocycles. The molecular weight excluding hydrogens is 392 g/mol. The van der Waals surface area contributed by atoms with Crippen LogP contribution in [0, 0.1) is 5.92 Å². The van der Waals surface area contributed by atoms with E-state index in [1.54, 1.807) is 4.90 Å². The summed E-state index contributed by atoms with van der Waals surface area (Å²) in [5.74, 6) is 1.77. The highest BCUT2D eigenvalue weighted by atomic mass is 16.2. The molecule has 0 aliphatic carbocycles. The fourth-order valence-electron chi connectivity index (χ4n) is 5.37. The Balaban J connectivity index is 1.28. The second kappa shape index (κ2) is 8.59. The molecule has 166 valence electrons. The average molecular weight is 425 g/mol. The van der Waals surface area contributed by atoms with Crippen LogP contribution in [0.4, 0.5) is 10.6 Å². The molecule has 1 unspecified atom stereocenters. The van der Waals surface area contributed by atoms with Gasteiger partial charge in [0, 0.05) is 31.9 Å². The molecule has 0 spiro atoms. The lowest BCUT2D eigenvalue weighted by Gasteiger charge is -2.35. The van der Waals surface area contributed by atoms with Crippen LogP contribution in [0.15, 0.2) is 18.2 Å². The molecule has 1 aromatic heterocycles. The predicted molar refractivity (Wildman–Crippen MR) is 120 cm³/mol. The average Bonchev–Trinajstić information content (AvgIpc) is 3.11. The Morgan fingerprint density at radius 3 is 2.71 bits per heavy atom. The second-order valence-electron chi connectivity index (χ2n) is 9.27. The molecule has 0 radical (unpaired) electrons. The molecule has 0 saturated carbocycles. The standard InChI is InChI=1S/C23H32N6O2/c1-27-20-13-18(17-6-10-28(11-7-17)15-16-3-2-9-24-14-16)4-5-19(20)22(26-27)29-12-8-21(30)25-23(29)31/h4-5,13,16-17,24H,2-3,6-12,14-15H2,1H3,(H,25,30,31). The third-order valence-corrected chi connectivity index (χ3v) is 7.14. The number of rotatable bonds is 4. The van der Waals surface area contributed by atoms with Gasteiger partial charge >= 0.3 is 6.03 Å². The number of fused-ring (bicyclic) bond motifs is 1. The number of urea groups is 1. The number of carbonyl (C=O) groups is 2. The summed E-state index contributed by atoms with van der Waals surface area (Å²) in [4.78, 5) is 28.0. The topological polar surface area (TPSA) is 82.5 Å². The van der Waals surface area contributed by atoms with Gasteiger partial charge in [-0.25, -0.2) is 4.79 Å². The fourth-order valence-corrected chi connectivity index (χ4v) is 5.37. The van der Waals surface area contributed by atoms with Gasteiger partial charge in [0.1, 0.15) is 0 Å². The highest BCUT2D eigenvalue weighted by Gasteiger charge is 2.29. The van der Waals surface area contributed by atoms with Crippen LogP contribution in [0.3, 0.4) is 0 Å². The van der Waals surface area contributed by atoms with Crippen LogP contribution < -0.4 is 15.5 Å². The predicted octanol–water partition coefficient (Wildman–Crippen LogP) is 2.20. The maximum Gasteiger partial charge on any atom is 0.329 e. The number of hydrogen-bond acceptors (Lipinski definition) is 5. The normalized spacial score (nSPS) is 24.0. The van der Waals surface area contributed by atoms with E-state index < -0.39 is 0 Å². The van der Waals surface area contributed by atoms with E-state index >= 15 is 0 Å². The molecule has 5 rings (SSSR count). The third-order valence-electron chi connectivity index (χ3n) is 7.14. The summed E-state index contributed by atoms with van der Waals surface area (Å²) >= 11 is 0. The minimum absolute atomic E-state index is 0.227. The number of amides is 3. The van der Waals surface area contributed by atoms with E-state index in [0.717, 1.165) is 29.9 Å². The molecule has 3 saturated heterocycles. The molecule has 3 amide bonds. The van der Waals surface area contributed by atoms with Gasteiger partial charge in [-0.05, 0) is 81.4 Å². The number of anilines is 1. The van der Waals surface area contributed by atoms with Gasteiger partial charge in [0.25, 0.3) is 0 Å². The first-order valence-electron chi connectivity index (χ1n) is 11.6. The van der Waals surface area contributed by atoms with Gasteiger partial charge in [0.05, 0.1) is 5.52 Å². The molecule has 4 heterocycles. The summed E-state index contributed by atoms with van der Waals surface area (Å²) in [5.41, 5.74) is 2.40. The van der Waals surface area contributed by atoms with Gasteiger partial charge in [0.2, 0.25) is 5.91 Å². The maximum absolute atomic E-state index is 12.3. The number of hydrogen-bond donors (Lipinski definition) is 2. The Labute approximate surface area is 182 Å². The Kier molecular flexibility index (Phi) is 5.67. The highest BCUT2D eigenvalue weighted by molar-refractivity contribution is 6.08. The number of piperidine rings is 2. The van der Waals surface area contributed by atoms with E-state index in [2.05, 4.69) is 38.8 Å². The molecule has 2 aromatic rings. The van der Waals surface area contributed by atoms with E-state index in [4.69, 9.17) is 0 Å². The molecule has 0 bridgehead atoms. The number of nitrogens with zero attached hydrogens (tertiary/aromatic N) is 4. The molecule has 3 fully saturated rings. The molecule has 8 heteroatoms. The number of carbonyl (C=O) groups excluding carboxylic acids is 2. The SMILES string of the molecule is Cn1nc(N2CCC(=O)NC2=O)c2ccc(C3CCN(CC4CCCNC4)CC3)cc21. The Morgan fingerprint density at radius 1 is 1.13 bits per heavy atom. The van der Waals surface area contributed by atoms with Crippen molar-refractivity contribution in [3.05, 3.63) is 23.8 Å². The zero-order valence-electron chi connectivity index (χ0n) is 18.3. The number of nitrogens with one attached hydrogen (secondary N) is 2. The van der Waals surface area contributed by atoms with Crippen LogP contribution in [0.5, 0.6) is 0 Å². The van der Waals surface area contributed by atoms with Crippen molar-refractivity contribution in [3.63, 3.8) is 0 Å². The van der Waals surface area contributed by atoms with Gasteiger partial charge in [-0.1, -0.05) is 6.07 Å². The van der Waals surface area contributed by atoms with Gasteiger partial charge < -0.3 is 10.2 Å². The van der Waals surface area contributed by atoms with Crippen LogP contribution in [0.2, 0.25) is 0 Å². The zero-order chi connectivity index (χ0) is 21.4. The minimum Gasteiger partial charge on any atom is -0.316 e. The summed E-state index contributed by atoms with van der Waals surface area (Å²) in [6, 6.07) is 6.15. The van der Waals surface area contributed by atoms with E-state index in [0.29, 0.717) is 24.7 Å². The van der Waals surface area contributed by atoms with Gasteiger partial charge in [-0.3, -0.25) is 19.7 Å². The first-order chi connectivity index (χ1) is 15.1. The van der Waals surface area contributed by atoms with Gasteiger partial charge in [0.15, 0.2) is 5.82 Å². The van der Waals surface area contributed by atoms with Gasteiger partial charge in [-0.2, -0.15) is 5.10 Å². The largest absolute Gasteiger partial charge is 0.329 e. The summed E-state index contributed by atoms with van der Waals surface area (Å²) in [6.07, 6.45) is 5.34. The Hall–Kier alpha value is -2.45. The van der Waals surface area contributed by atoms with Crippen molar-refractivity contribution >= 4 is 28.7 Å². The third kappa shape index (κ3) is 4.19. The monoisotopic (exact) mass is 424 g/mol. The molecule has 2 N–H and O–H groups in total. The van der Waals surface area contributed by atoms with E-state index in [1.807, 2.05) is 11.7 Å². The minimum atomic E-state index is -0.388. The maximum atomic E-state index is 12.3. The summed E-state index contributed by atoms with van der Waals surface area (Å²) in [7, 11) is 1.92. The first kappa shape index (κ1) is 20.5. The van der Waals surface area contributed by atoms with Crippen molar-refractivity contribution in [1.29, 1.82) is 0 Å². The Bertz CT molecular complexity index is 972. The summed E-state index contributed by atoms with van der Waals surface area (Å²) < 4.78 is 1.85. The van der Waals surface area contributed by atoms with Crippen molar-refractivity contribution in [1.82, 2.24) is 25.3 Å². The Morgan fingerprint density at radius 2 is 1.97 bits per heavy atom. The zero-order valence-corrected chi connectivity index (χ0v) is 18.3. The van der Waals surface area contributed by atoms with Crippen LogP contribution in [-0.2, 0) is 11.8 Å². The summed E-state index contributed by atoms with van der Waals surface area (Å²) in [6.45, 7) is 6.27. The highest BCUT2D eigenvalue weighted by Crippen LogP contribution is 2.33. The van der Waals surface area contributed by atoms with Crippen LogP contribution in [0.25, 0.3) is 10.9 Å². The van der Waals surface area contributed by atoms with Crippen LogP contribution in [0.1, 0.15) is 43.6 Å². The van der Waals surface area contributed by atoms with Crippen molar-refractivity contribution in [2.45, 2.75) is 38.0 Å². The van der Waals surface area contributed by atoms with Crippen LogP contribution >= 0.6 is 0 Å². The van der Waals surface area contributed by atoms with Crippen LogP contribution in [-0.4, -0.2) is 65.9 Å². The van der Waals surface area contributed by atoms with Crippen molar-refractivity contribution in [2.75, 3.05) is 44.2 Å². The van der Waals surface area contributed by atoms with E-state index in [1.165, 1.54) is 50.9 Å². The molecule has 3 aliphatic heterocycles. The lowest BCUT2D eigenvalue weighted by atomic mass is 9.88. The van der Waals surface area contributed by atoms with Gasteiger partial charge in [-0.15, -0.1) is 0 Å². The number of aromatic nitrogens is 2. The van der Waals surface area contributed by atoms with E-state index in [-0.39, 0.29) is 11.9 Å². The molecule has 3 aliphatic rings. The van der Waals surface area contributed by atoms with E-state index in [9.17, 15) is 9.59 Å². The number of imide groups is 1. The fraction of sp³-hybridized carbons (Fsp3) is 0.609. The number of benzene rings is 1. The number of aryl methyl sites for hydroxylation is 1. The quantitative estimate of drug-likeness (QED) is 0.786. The van der Waals surface area contributed by atoms with Crippen molar-refractivity contribution in [3.8, 4) is 0 Å². The van der Waals surface area contributed by atoms with Crippen molar-refractivity contribution < 1.29 is 9.59 Å².